The number of hydrogen-bond donors (Lipinski definition) is 1. The monoisotopic (exact) mass is 203 g/mol. The summed E-state index contributed by atoms with van der Waals surface area (Å²) < 4.78 is 0. The van der Waals surface area contributed by atoms with E-state index < -0.39 is 0 Å². The van der Waals surface area contributed by atoms with E-state index in [1.165, 1.54) is 24.1 Å². The van der Waals surface area contributed by atoms with E-state index in [2.05, 4.69) is 44.3 Å². The maximum Gasteiger partial charge on any atom is -0.00173 e. The van der Waals surface area contributed by atoms with Crippen LogP contribution in [0.5, 0.6) is 0 Å². The van der Waals surface area contributed by atoms with Gasteiger partial charge in [-0.3, -0.25) is 0 Å². The molecule has 0 aromatic heterocycles. The molecule has 1 fully saturated rings. The molecule has 15 heavy (non-hydrogen) atoms. The minimum atomic E-state index is 0.756. The average molecular weight is 203 g/mol. The predicted molar refractivity (Wildman–Crippen MR) is 65.3 cm³/mol. The fraction of sp³-hybridized carbons (Fsp3) is 0.571. The normalized spacial score (nSPS) is 26.6. The molecule has 1 heteroatoms. The summed E-state index contributed by atoms with van der Waals surface area (Å²) in [6.07, 6.45) is 1.28. The molecule has 1 aromatic carbocycles. The molecule has 1 heterocycles. The first-order valence-corrected chi connectivity index (χ1v) is 5.96. The summed E-state index contributed by atoms with van der Waals surface area (Å²) in [5.41, 5.74) is 4.40. The Kier molecular flexibility index (Phi) is 3.11. The zero-order chi connectivity index (χ0) is 10.8. The van der Waals surface area contributed by atoms with Crippen molar-refractivity contribution in [1.29, 1.82) is 0 Å². The van der Waals surface area contributed by atoms with E-state index >= 15 is 0 Å². The zero-order valence-corrected chi connectivity index (χ0v) is 10.0. The van der Waals surface area contributed by atoms with Crippen LogP contribution in [0.15, 0.2) is 18.2 Å². The minimum absolute atomic E-state index is 0.756. The molecule has 82 valence electrons. The third-order valence-electron chi connectivity index (χ3n) is 3.61. The maximum absolute atomic E-state index is 3.47. The molecule has 1 N–H and O–H groups in total. The number of rotatable bonds is 1. The number of piperidine rings is 1. The molecule has 0 spiro atoms. The molecule has 2 unspecified atom stereocenters. The van der Waals surface area contributed by atoms with Gasteiger partial charge in [-0.1, -0.05) is 30.7 Å². The van der Waals surface area contributed by atoms with E-state index in [0.29, 0.717) is 0 Å². The van der Waals surface area contributed by atoms with Gasteiger partial charge in [-0.15, -0.1) is 0 Å². The molecule has 0 radical (unpaired) electrons. The first-order chi connectivity index (χ1) is 7.18. The molecule has 2 rings (SSSR count). The second-order valence-electron chi connectivity index (χ2n) is 4.94. The Bertz CT molecular complexity index is 343. The smallest absolute Gasteiger partial charge is 0.00173 e. The van der Waals surface area contributed by atoms with Crippen LogP contribution in [0.3, 0.4) is 0 Å². The van der Waals surface area contributed by atoms with E-state index in [1.54, 1.807) is 5.56 Å². The highest BCUT2D eigenvalue weighted by molar-refractivity contribution is 5.33. The quantitative estimate of drug-likeness (QED) is 0.740. The zero-order valence-electron chi connectivity index (χ0n) is 10.0. The summed E-state index contributed by atoms with van der Waals surface area (Å²) >= 11 is 0. The Morgan fingerprint density at radius 1 is 1.27 bits per heavy atom. The molecule has 1 aliphatic heterocycles. The highest BCUT2D eigenvalue weighted by Crippen LogP contribution is 2.32. The fourth-order valence-corrected chi connectivity index (χ4v) is 2.72. The second-order valence-corrected chi connectivity index (χ2v) is 4.94. The van der Waals surface area contributed by atoms with Crippen molar-refractivity contribution in [1.82, 2.24) is 5.32 Å². The summed E-state index contributed by atoms with van der Waals surface area (Å²) in [6, 6.07) is 6.89. The van der Waals surface area contributed by atoms with E-state index in [9.17, 15) is 0 Å². The molecule has 0 amide bonds. The van der Waals surface area contributed by atoms with Gasteiger partial charge in [0.2, 0.25) is 0 Å². The molecule has 2 atom stereocenters. The van der Waals surface area contributed by atoms with Gasteiger partial charge in [0.1, 0.15) is 0 Å². The fourth-order valence-electron chi connectivity index (χ4n) is 2.72. The number of nitrogens with one attached hydrogen (secondary N) is 1. The largest absolute Gasteiger partial charge is 0.316 e. The number of benzene rings is 1. The number of hydrogen-bond acceptors (Lipinski definition) is 1. The van der Waals surface area contributed by atoms with Crippen LogP contribution < -0.4 is 5.32 Å². The highest BCUT2D eigenvalue weighted by atomic mass is 14.9. The highest BCUT2D eigenvalue weighted by Gasteiger charge is 2.23. The van der Waals surface area contributed by atoms with E-state index in [-0.39, 0.29) is 0 Å². The Labute approximate surface area is 92.9 Å². The van der Waals surface area contributed by atoms with Crippen LogP contribution in [0.1, 0.15) is 36.0 Å². The van der Waals surface area contributed by atoms with Crippen LogP contribution in [-0.2, 0) is 0 Å². The van der Waals surface area contributed by atoms with E-state index in [4.69, 9.17) is 0 Å². The van der Waals surface area contributed by atoms with Gasteiger partial charge in [0, 0.05) is 0 Å². The first kappa shape index (κ1) is 10.7. The molecule has 1 nitrogen and oxygen atoms in total. The molecule has 1 aromatic rings. The Morgan fingerprint density at radius 2 is 2.07 bits per heavy atom. The van der Waals surface area contributed by atoms with E-state index in [1.807, 2.05) is 0 Å². The van der Waals surface area contributed by atoms with Crippen LogP contribution in [0.25, 0.3) is 0 Å². The second kappa shape index (κ2) is 4.36. The molecular weight excluding hydrogens is 182 g/mol. The van der Waals surface area contributed by atoms with Gasteiger partial charge in [0.15, 0.2) is 0 Å². The van der Waals surface area contributed by atoms with Crippen molar-refractivity contribution in [2.45, 2.75) is 33.1 Å². The molecule has 0 saturated carbocycles. The minimum Gasteiger partial charge on any atom is -0.316 e. The lowest BCUT2D eigenvalue weighted by atomic mass is 9.80. The van der Waals surface area contributed by atoms with Crippen molar-refractivity contribution < 1.29 is 0 Å². The summed E-state index contributed by atoms with van der Waals surface area (Å²) in [5.74, 6) is 1.52. The molecule has 1 saturated heterocycles. The van der Waals surface area contributed by atoms with Crippen molar-refractivity contribution in [3.63, 3.8) is 0 Å². The third-order valence-corrected chi connectivity index (χ3v) is 3.61. The van der Waals surface area contributed by atoms with Gasteiger partial charge in [-0.2, -0.15) is 0 Å². The Morgan fingerprint density at radius 3 is 2.73 bits per heavy atom. The van der Waals surface area contributed by atoms with Crippen molar-refractivity contribution >= 4 is 0 Å². The van der Waals surface area contributed by atoms with Gasteiger partial charge in [0.05, 0.1) is 0 Å². The van der Waals surface area contributed by atoms with E-state index in [0.717, 1.165) is 18.4 Å². The summed E-state index contributed by atoms with van der Waals surface area (Å²) in [5, 5.41) is 3.47. The predicted octanol–water partition coefficient (Wildman–Crippen LogP) is 3.02. The topological polar surface area (TPSA) is 12.0 Å². The lowest BCUT2D eigenvalue weighted by Crippen LogP contribution is -2.34. The summed E-state index contributed by atoms with van der Waals surface area (Å²) in [7, 11) is 0. The van der Waals surface area contributed by atoms with Gasteiger partial charge < -0.3 is 5.32 Å². The van der Waals surface area contributed by atoms with Crippen LogP contribution in [0, 0.1) is 19.8 Å². The number of aryl methyl sites for hydroxylation is 2. The van der Waals surface area contributed by atoms with Crippen molar-refractivity contribution in [2.75, 3.05) is 13.1 Å². The van der Waals surface area contributed by atoms with Gasteiger partial charge in [-0.25, -0.2) is 0 Å². The molecule has 0 aliphatic carbocycles. The van der Waals surface area contributed by atoms with Crippen LogP contribution in [0.2, 0.25) is 0 Å². The van der Waals surface area contributed by atoms with Crippen LogP contribution in [-0.4, -0.2) is 13.1 Å². The van der Waals surface area contributed by atoms with Crippen molar-refractivity contribution in [2.24, 2.45) is 5.92 Å². The van der Waals surface area contributed by atoms with Crippen molar-refractivity contribution in [3.05, 3.63) is 34.9 Å². The Balaban J connectivity index is 2.27. The lowest BCUT2D eigenvalue weighted by molar-refractivity contribution is 0.348. The molecule has 1 aliphatic rings. The molecular formula is C14H21N. The van der Waals surface area contributed by atoms with Crippen molar-refractivity contribution in [3.8, 4) is 0 Å². The first-order valence-electron chi connectivity index (χ1n) is 5.96. The average Bonchev–Trinajstić information content (AvgIpc) is 2.20. The summed E-state index contributed by atoms with van der Waals surface area (Å²) in [6.45, 7) is 9.11. The van der Waals surface area contributed by atoms with Crippen LogP contribution in [0.4, 0.5) is 0 Å². The molecule has 0 bridgehead atoms. The lowest BCUT2D eigenvalue weighted by Gasteiger charge is -2.31. The van der Waals surface area contributed by atoms with Gasteiger partial charge in [-0.05, 0) is 56.3 Å². The Hall–Kier alpha value is -0.820. The summed E-state index contributed by atoms with van der Waals surface area (Å²) in [4.78, 5) is 0. The van der Waals surface area contributed by atoms with Crippen LogP contribution >= 0.6 is 0 Å². The standard InChI is InChI=1S/C14H21N/c1-10-4-5-13(11(2)8-10)14-6-7-15-9-12(14)3/h4-5,8,12,14-15H,6-7,9H2,1-3H3. The van der Waals surface area contributed by atoms with Gasteiger partial charge in [0.25, 0.3) is 0 Å². The maximum atomic E-state index is 3.47. The third kappa shape index (κ3) is 2.23. The SMILES string of the molecule is Cc1ccc(C2CCNCC2C)c(C)c1. The van der Waals surface area contributed by atoms with Gasteiger partial charge >= 0.3 is 0 Å².